The Morgan fingerprint density at radius 2 is 1.89 bits per heavy atom. The summed E-state index contributed by atoms with van der Waals surface area (Å²) in [5.74, 6) is -0.375. The van der Waals surface area contributed by atoms with E-state index in [1.165, 1.54) is 20.0 Å². The predicted molar refractivity (Wildman–Crippen MR) is 72.9 cm³/mol. The van der Waals surface area contributed by atoms with E-state index in [0.717, 1.165) is 0 Å². The van der Waals surface area contributed by atoms with E-state index in [9.17, 15) is 13.9 Å². The Morgan fingerprint density at radius 1 is 1.33 bits per heavy atom. The van der Waals surface area contributed by atoms with Crippen LogP contribution in [0.1, 0.15) is 19.8 Å². The van der Waals surface area contributed by atoms with Gasteiger partial charge in [-0.25, -0.2) is 0 Å². The first kappa shape index (κ1) is 17.8. The number of carbonyl (C=O) groups is 1. The van der Waals surface area contributed by atoms with Gasteiger partial charge in [-0.2, -0.15) is 0 Å². The Morgan fingerprint density at radius 3 is 2.28 bits per heavy atom. The van der Waals surface area contributed by atoms with Crippen molar-refractivity contribution >= 4 is 20.4 Å². The van der Waals surface area contributed by atoms with Gasteiger partial charge in [-0.05, 0) is 26.7 Å². The zero-order valence-corrected chi connectivity index (χ0v) is 13.2. The first-order chi connectivity index (χ1) is 8.15. The quantitative estimate of drug-likeness (QED) is 0.666. The number of nitrogens with one attached hydrogen (secondary N) is 1. The lowest BCUT2D eigenvalue weighted by atomic mass is 10.3. The van der Waals surface area contributed by atoms with Crippen molar-refractivity contribution < 1.29 is 23.6 Å². The Labute approximate surface area is 108 Å². The molecule has 0 aromatic carbocycles. The maximum Gasteiger partial charge on any atom is 0.229 e. The molecule has 2 atom stereocenters. The fraction of sp³-hybridized carbons (Fsp3) is 0.900. The van der Waals surface area contributed by atoms with Gasteiger partial charge >= 0.3 is 0 Å². The second-order valence-corrected chi connectivity index (χ2v) is 10.9. The smallest absolute Gasteiger partial charge is 0.229 e. The number of amides is 1. The molecule has 0 aliphatic heterocycles. The van der Waals surface area contributed by atoms with Crippen molar-refractivity contribution in [3.05, 3.63) is 0 Å². The number of aliphatic hydroxyl groups is 1. The summed E-state index contributed by atoms with van der Waals surface area (Å²) in [5.41, 5.74) is -0.962. The molecule has 0 aromatic heterocycles. The van der Waals surface area contributed by atoms with Gasteiger partial charge in [0.1, 0.15) is 7.14 Å². The zero-order chi connectivity index (χ0) is 14.4. The van der Waals surface area contributed by atoms with Crippen LogP contribution in [0.4, 0.5) is 0 Å². The lowest BCUT2D eigenvalue weighted by molar-refractivity contribution is -0.121. The minimum Gasteiger partial charge on any atom is -0.396 e. The van der Waals surface area contributed by atoms with Gasteiger partial charge in [-0.1, -0.05) is 0 Å². The van der Waals surface area contributed by atoms with Crippen LogP contribution in [0, 0.1) is 0 Å². The Hall–Kier alpha value is -0.150. The highest BCUT2D eigenvalue weighted by Crippen LogP contribution is 2.62. The Kier molecular flexibility index (Phi) is 7.38. The third-order valence-corrected chi connectivity index (χ3v) is 8.29. The lowest BCUT2D eigenvalue weighted by Crippen LogP contribution is -2.34. The Bertz CT molecular complexity index is 365. The second-order valence-electron chi connectivity index (χ2n) is 4.53. The predicted octanol–water partition coefficient (Wildman–Crippen LogP) is 1.73. The third-order valence-electron chi connectivity index (χ3n) is 2.27. The first-order valence-corrected chi connectivity index (χ1v) is 10.6. The molecule has 18 heavy (non-hydrogen) atoms. The Balaban J connectivity index is 4.88. The third kappa shape index (κ3) is 6.14. The molecule has 0 radical (unpaired) electrons. The summed E-state index contributed by atoms with van der Waals surface area (Å²) in [6.07, 6.45) is 0.429. The summed E-state index contributed by atoms with van der Waals surface area (Å²) in [6.45, 7) is 6.16. The van der Waals surface area contributed by atoms with Crippen LogP contribution >= 0.6 is 14.5 Å². The summed E-state index contributed by atoms with van der Waals surface area (Å²) in [6, 6.07) is 0. The van der Waals surface area contributed by atoms with E-state index in [0.29, 0.717) is 6.42 Å². The molecule has 0 bridgehead atoms. The second kappa shape index (κ2) is 7.44. The van der Waals surface area contributed by atoms with Gasteiger partial charge < -0.3 is 19.5 Å². The largest absolute Gasteiger partial charge is 0.396 e. The van der Waals surface area contributed by atoms with E-state index < -0.39 is 20.0 Å². The monoisotopic (exact) mass is 299 g/mol. The minimum absolute atomic E-state index is 0.0940. The van der Waals surface area contributed by atoms with Crippen molar-refractivity contribution in [1.82, 2.24) is 5.32 Å². The average molecular weight is 299 g/mol. The molecule has 0 saturated carbocycles. The maximum absolute atomic E-state index is 12.3. The highest BCUT2D eigenvalue weighted by Gasteiger charge is 2.39. The molecule has 6 nitrogen and oxygen atoms in total. The molecule has 0 spiro atoms. The molecule has 2 unspecified atom stereocenters. The standard InChI is InChI=1S/C10H23NO5P2/c1-5-16-18(4,15)10(17(2,3)14)11-9(13)7-6-8-12/h10,12H,5-8H2,1-4H3,(H,11,13). The summed E-state index contributed by atoms with van der Waals surface area (Å²) >= 11 is 0. The molecule has 2 N–H and O–H groups in total. The van der Waals surface area contributed by atoms with Crippen LogP contribution in [0.2, 0.25) is 0 Å². The molecule has 0 aromatic rings. The fourth-order valence-corrected chi connectivity index (χ4v) is 7.29. The van der Waals surface area contributed by atoms with E-state index in [1.807, 2.05) is 0 Å². The summed E-state index contributed by atoms with van der Waals surface area (Å²) in [5, 5.41) is 11.2. The van der Waals surface area contributed by atoms with E-state index in [1.54, 1.807) is 6.92 Å². The van der Waals surface area contributed by atoms with Crippen LogP contribution in [-0.4, -0.2) is 49.7 Å². The summed E-state index contributed by atoms with van der Waals surface area (Å²) in [4.78, 5) is 11.6. The van der Waals surface area contributed by atoms with Crippen LogP contribution in [0.3, 0.4) is 0 Å². The van der Waals surface area contributed by atoms with Crippen LogP contribution < -0.4 is 5.32 Å². The van der Waals surface area contributed by atoms with Crippen molar-refractivity contribution in [3.8, 4) is 0 Å². The molecule has 0 heterocycles. The lowest BCUT2D eigenvalue weighted by Gasteiger charge is -2.28. The number of rotatable bonds is 8. The van der Waals surface area contributed by atoms with Crippen molar-refractivity contribution in [1.29, 1.82) is 0 Å². The van der Waals surface area contributed by atoms with E-state index in [2.05, 4.69) is 5.32 Å². The normalized spacial score (nSPS) is 16.9. The molecule has 0 aliphatic carbocycles. The number of aliphatic hydroxyl groups excluding tert-OH is 1. The van der Waals surface area contributed by atoms with Crippen LogP contribution in [0.15, 0.2) is 0 Å². The van der Waals surface area contributed by atoms with Gasteiger partial charge in [0, 0.05) is 19.7 Å². The van der Waals surface area contributed by atoms with Crippen LogP contribution in [0.5, 0.6) is 0 Å². The summed E-state index contributed by atoms with van der Waals surface area (Å²) < 4.78 is 29.6. The van der Waals surface area contributed by atoms with Crippen molar-refractivity contribution in [2.24, 2.45) is 0 Å². The molecule has 0 aliphatic rings. The van der Waals surface area contributed by atoms with Gasteiger partial charge in [0.2, 0.25) is 13.3 Å². The molecular weight excluding hydrogens is 276 g/mol. The molecule has 1 amide bonds. The molecule has 8 heteroatoms. The van der Waals surface area contributed by atoms with Crippen LogP contribution in [0.25, 0.3) is 0 Å². The van der Waals surface area contributed by atoms with Gasteiger partial charge in [0.15, 0.2) is 5.52 Å². The minimum atomic E-state index is -3.17. The van der Waals surface area contributed by atoms with E-state index >= 15 is 0 Å². The zero-order valence-electron chi connectivity index (χ0n) is 11.4. The van der Waals surface area contributed by atoms with Gasteiger partial charge in [0.25, 0.3) is 0 Å². The van der Waals surface area contributed by atoms with E-state index in [-0.39, 0.29) is 25.5 Å². The molecule has 0 saturated heterocycles. The van der Waals surface area contributed by atoms with Gasteiger partial charge in [0.05, 0.1) is 6.61 Å². The van der Waals surface area contributed by atoms with Crippen molar-refractivity contribution in [2.75, 3.05) is 33.2 Å². The number of hydrogen-bond acceptors (Lipinski definition) is 5. The molecular formula is C10H23NO5P2. The summed E-state index contributed by atoms with van der Waals surface area (Å²) in [7, 11) is -5.96. The topological polar surface area (TPSA) is 92.7 Å². The van der Waals surface area contributed by atoms with Gasteiger partial charge in [-0.15, -0.1) is 0 Å². The average Bonchev–Trinajstić information content (AvgIpc) is 2.21. The highest BCUT2D eigenvalue weighted by molar-refractivity contribution is 7.78. The number of hydrogen-bond donors (Lipinski definition) is 2. The molecule has 0 fully saturated rings. The van der Waals surface area contributed by atoms with Crippen LogP contribution in [-0.2, 0) is 18.4 Å². The highest BCUT2D eigenvalue weighted by atomic mass is 31.2. The van der Waals surface area contributed by atoms with Crippen molar-refractivity contribution in [3.63, 3.8) is 0 Å². The van der Waals surface area contributed by atoms with Crippen molar-refractivity contribution in [2.45, 2.75) is 25.3 Å². The van der Waals surface area contributed by atoms with Gasteiger partial charge in [-0.3, -0.25) is 9.36 Å². The maximum atomic E-state index is 12.3. The number of carbonyl (C=O) groups excluding carboxylic acids is 1. The SMILES string of the molecule is CCOP(C)(=O)C(NC(=O)CCCO)P(C)(C)=O. The fourth-order valence-electron chi connectivity index (χ4n) is 1.56. The molecule has 108 valence electrons. The first-order valence-electron chi connectivity index (χ1n) is 5.81. The molecule has 0 rings (SSSR count). The van der Waals surface area contributed by atoms with E-state index in [4.69, 9.17) is 9.63 Å².